The first kappa shape index (κ1) is 39.3. The third-order valence-electron chi connectivity index (χ3n) is 9.80. The second kappa shape index (κ2) is 15.8. The zero-order valence-corrected chi connectivity index (χ0v) is 37.5. The first-order valence-corrected chi connectivity index (χ1v) is 25.9. The molecule has 0 aliphatic carbocycles. The summed E-state index contributed by atoms with van der Waals surface area (Å²) < 4.78 is 10.2. The molecule has 54 heavy (non-hydrogen) atoms. The molecule has 0 spiro atoms. The van der Waals surface area contributed by atoms with Gasteiger partial charge in [-0.05, 0) is 63.1 Å². The van der Waals surface area contributed by atoms with Crippen LogP contribution in [0.4, 0.5) is 0 Å². The standard InChI is InChI=1S/C29H24N3O.C18H24GeN.Ir/c1-16-14-18(3)26(19(4)15-16)32-24-9-7-6-8-23(24)31-28(32)22-12-10-17(2)25-21-13-11-20(5)30-29(21)33-27(22)25;1-14(2)11-16-12-18(15-9-7-6-8-10-15)20-13-17(16)19(3,4)5;/h6-11,13-15H,1-5H3;6-9,12-14H,11H2,1-5H3;/q2*-1;. The number of hydrogen-bond donors (Lipinski definition) is 0. The largest absolute Gasteiger partial charge is 0.486 e. The van der Waals surface area contributed by atoms with Crippen LogP contribution in [0.25, 0.3) is 61.4 Å². The van der Waals surface area contributed by atoms with Crippen molar-refractivity contribution in [2.75, 3.05) is 0 Å². The molecular weight excluding hydrogens is 901 g/mol. The number of para-hydroxylation sites is 2. The van der Waals surface area contributed by atoms with Crippen molar-refractivity contribution in [3.8, 4) is 28.3 Å². The van der Waals surface area contributed by atoms with E-state index in [1.807, 2.05) is 43.3 Å². The minimum Gasteiger partial charge on any atom is -0.486 e. The van der Waals surface area contributed by atoms with Gasteiger partial charge in [0.05, 0.1) is 22.4 Å². The van der Waals surface area contributed by atoms with Crippen molar-refractivity contribution in [1.82, 2.24) is 19.5 Å². The summed E-state index contributed by atoms with van der Waals surface area (Å²) in [6.45, 7) is 15.1. The quantitative estimate of drug-likeness (QED) is 0.123. The van der Waals surface area contributed by atoms with E-state index in [1.165, 1.54) is 22.3 Å². The molecule has 0 saturated carbocycles. The van der Waals surface area contributed by atoms with Gasteiger partial charge < -0.3 is 8.98 Å². The molecule has 0 N–H and O–H groups in total. The van der Waals surface area contributed by atoms with Crippen LogP contribution in [0.2, 0.25) is 17.3 Å². The first-order valence-electron chi connectivity index (χ1n) is 18.5. The third-order valence-corrected chi connectivity index (χ3v) is 14.1. The van der Waals surface area contributed by atoms with Crippen LogP contribution in [-0.2, 0) is 26.5 Å². The van der Waals surface area contributed by atoms with E-state index < -0.39 is 13.3 Å². The van der Waals surface area contributed by atoms with E-state index in [0.717, 1.165) is 73.4 Å². The molecule has 8 aromatic rings. The third kappa shape index (κ3) is 7.75. The monoisotopic (exact) mass is 951 g/mol. The molecule has 0 bridgehead atoms. The van der Waals surface area contributed by atoms with Crippen LogP contribution in [0, 0.1) is 52.7 Å². The number of pyridine rings is 2. The second-order valence-electron chi connectivity index (χ2n) is 15.8. The van der Waals surface area contributed by atoms with E-state index in [-0.39, 0.29) is 20.1 Å². The van der Waals surface area contributed by atoms with E-state index in [0.29, 0.717) is 11.6 Å². The number of hydrogen-bond acceptors (Lipinski definition) is 4. The number of nitrogens with zero attached hydrogens (tertiary/aromatic N) is 4. The molecular formula is C47H48GeIrN4O-2. The molecule has 4 heterocycles. The number of furan rings is 1. The zero-order chi connectivity index (χ0) is 37.6. The van der Waals surface area contributed by atoms with Gasteiger partial charge in [-0.15, -0.1) is 17.7 Å². The predicted molar refractivity (Wildman–Crippen MR) is 224 cm³/mol. The normalized spacial score (nSPS) is 11.6. The smallest absolute Gasteiger partial charge is 0.216 e. The molecule has 0 aliphatic heterocycles. The summed E-state index contributed by atoms with van der Waals surface area (Å²) in [7, 11) is 0. The Balaban J connectivity index is 0.000000205. The van der Waals surface area contributed by atoms with Crippen molar-refractivity contribution in [3.05, 3.63) is 137 Å². The minimum absolute atomic E-state index is 0. The Kier molecular flexibility index (Phi) is 11.5. The number of benzene rings is 4. The molecule has 0 amide bonds. The topological polar surface area (TPSA) is 56.7 Å². The van der Waals surface area contributed by atoms with Crippen molar-refractivity contribution in [2.45, 2.75) is 72.2 Å². The number of aryl methyl sites for hydroxylation is 5. The summed E-state index contributed by atoms with van der Waals surface area (Å²) in [5.74, 6) is 8.82. The Morgan fingerprint density at radius 3 is 2.22 bits per heavy atom. The molecule has 1 radical (unpaired) electrons. The Morgan fingerprint density at radius 1 is 0.815 bits per heavy atom. The average Bonchev–Trinajstić information content (AvgIpc) is 3.67. The van der Waals surface area contributed by atoms with Crippen molar-refractivity contribution in [1.29, 1.82) is 0 Å². The second-order valence-corrected chi connectivity index (χ2v) is 26.4. The van der Waals surface area contributed by atoms with Gasteiger partial charge in [-0.3, -0.25) is 4.98 Å². The van der Waals surface area contributed by atoms with Crippen LogP contribution in [0.3, 0.4) is 0 Å². The Labute approximate surface area is 336 Å². The summed E-state index contributed by atoms with van der Waals surface area (Å²) in [4.78, 5) is 14.4. The predicted octanol–water partition coefficient (Wildman–Crippen LogP) is 11.6. The van der Waals surface area contributed by atoms with Crippen molar-refractivity contribution in [3.63, 3.8) is 0 Å². The summed E-state index contributed by atoms with van der Waals surface area (Å²) in [6, 6.07) is 36.0. The SMILES string of the molecule is CC(C)Cc1cc(-c2[c-]cccc2)nc[c]1[Ge]([CH3])([CH3])[CH3].Cc1cc(C)c(-n2c(-c3[c-]cc(C)c4c3oc3nc(C)ccc34)nc3ccccc32)c(C)c1.[Ir]. The molecule has 4 aromatic carbocycles. The minimum atomic E-state index is -1.86. The van der Waals surface area contributed by atoms with E-state index in [4.69, 9.17) is 14.4 Å². The molecule has 0 aliphatic rings. The van der Waals surface area contributed by atoms with Gasteiger partial charge in [0.25, 0.3) is 0 Å². The molecule has 277 valence electrons. The van der Waals surface area contributed by atoms with Gasteiger partial charge in [-0.25, -0.2) is 4.98 Å². The fourth-order valence-electron chi connectivity index (χ4n) is 7.55. The molecule has 0 fully saturated rings. The molecule has 0 saturated heterocycles. The maximum absolute atomic E-state index is 6.37. The Bertz CT molecular complexity index is 2590. The summed E-state index contributed by atoms with van der Waals surface area (Å²) in [5, 5.41) is 2.09. The number of aromatic nitrogens is 4. The van der Waals surface area contributed by atoms with Gasteiger partial charge in [-0.2, -0.15) is 0 Å². The van der Waals surface area contributed by atoms with Crippen LogP contribution >= 0.6 is 0 Å². The van der Waals surface area contributed by atoms with E-state index in [9.17, 15) is 0 Å². The van der Waals surface area contributed by atoms with Crippen LogP contribution in [0.1, 0.15) is 47.4 Å². The van der Waals surface area contributed by atoms with Crippen molar-refractivity contribution in [2.24, 2.45) is 5.92 Å². The summed E-state index contributed by atoms with van der Waals surface area (Å²) in [6.07, 6.45) is 3.27. The van der Waals surface area contributed by atoms with E-state index in [1.54, 1.807) is 4.40 Å². The molecule has 7 heteroatoms. The van der Waals surface area contributed by atoms with Gasteiger partial charge in [0, 0.05) is 36.9 Å². The molecule has 4 aromatic heterocycles. The van der Waals surface area contributed by atoms with Crippen molar-refractivity contribution < 1.29 is 24.5 Å². The van der Waals surface area contributed by atoms with Crippen LogP contribution in [-0.4, -0.2) is 32.8 Å². The van der Waals surface area contributed by atoms with Crippen LogP contribution in [0.5, 0.6) is 0 Å². The van der Waals surface area contributed by atoms with Gasteiger partial charge in [0.1, 0.15) is 0 Å². The number of imidazole rings is 1. The van der Waals surface area contributed by atoms with Gasteiger partial charge in [-0.1, -0.05) is 47.7 Å². The fraction of sp³-hybridized carbons (Fsp3) is 0.255. The maximum Gasteiger partial charge on any atom is 0.216 e. The molecule has 0 atom stereocenters. The average molecular weight is 950 g/mol. The Morgan fingerprint density at radius 2 is 1.54 bits per heavy atom. The number of fused-ring (bicyclic) bond motifs is 4. The maximum atomic E-state index is 6.37. The molecule has 0 unspecified atom stereocenters. The van der Waals surface area contributed by atoms with E-state index >= 15 is 0 Å². The number of rotatable bonds is 6. The van der Waals surface area contributed by atoms with Gasteiger partial charge in [0.15, 0.2) is 0 Å². The molecule has 8 rings (SSSR count). The van der Waals surface area contributed by atoms with Crippen LogP contribution < -0.4 is 4.40 Å². The molecule has 5 nitrogen and oxygen atoms in total. The van der Waals surface area contributed by atoms with Crippen molar-refractivity contribution >= 4 is 50.8 Å². The fourth-order valence-corrected chi connectivity index (χ4v) is 10.9. The summed E-state index contributed by atoms with van der Waals surface area (Å²) in [5.41, 5.74) is 14.8. The Hall–Kier alpha value is -4.36. The van der Waals surface area contributed by atoms with Gasteiger partial charge in [0.2, 0.25) is 5.71 Å². The van der Waals surface area contributed by atoms with Crippen LogP contribution in [0.15, 0.2) is 95.5 Å². The zero-order valence-electron chi connectivity index (χ0n) is 33.0. The summed E-state index contributed by atoms with van der Waals surface area (Å²) >= 11 is -1.86. The van der Waals surface area contributed by atoms with Gasteiger partial charge >= 0.3 is 126 Å². The first-order chi connectivity index (χ1) is 25.3. The van der Waals surface area contributed by atoms with E-state index in [2.05, 4.69) is 135 Å².